The summed E-state index contributed by atoms with van der Waals surface area (Å²) in [5, 5.41) is 2.97. The molecule has 0 aliphatic carbocycles. The van der Waals surface area contributed by atoms with E-state index in [1.807, 2.05) is 19.1 Å². The molecule has 2 rings (SSSR count). The molecule has 2 aromatic rings. The van der Waals surface area contributed by atoms with Crippen LogP contribution in [0.1, 0.15) is 13.3 Å². The number of alkyl halides is 3. The first-order chi connectivity index (χ1) is 11.8. The van der Waals surface area contributed by atoms with E-state index in [1.165, 1.54) is 23.9 Å². The van der Waals surface area contributed by atoms with Gasteiger partial charge in [-0.2, -0.15) is 0 Å². The molecule has 0 radical (unpaired) electrons. The molecule has 0 aliphatic heterocycles. The van der Waals surface area contributed by atoms with Crippen molar-refractivity contribution < 1.29 is 22.7 Å². The fourth-order valence-corrected chi connectivity index (χ4v) is 3.04. The van der Waals surface area contributed by atoms with E-state index in [9.17, 15) is 18.0 Å². The number of hydrogen-bond donors (Lipinski definition) is 1. The molecule has 25 heavy (non-hydrogen) atoms. The van der Waals surface area contributed by atoms with Gasteiger partial charge >= 0.3 is 6.36 Å². The van der Waals surface area contributed by atoms with Crippen LogP contribution >= 0.6 is 23.4 Å². The van der Waals surface area contributed by atoms with Gasteiger partial charge in [-0.15, -0.1) is 24.9 Å². The summed E-state index contributed by atoms with van der Waals surface area (Å²) in [5.41, 5.74) is 0.398. The van der Waals surface area contributed by atoms with E-state index in [1.54, 1.807) is 12.1 Å². The summed E-state index contributed by atoms with van der Waals surface area (Å²) < 4.78 is 40.2. The van der Waals surface area contributed by atoms with Crippen molar-refractivity contribution in [3.8, 4) is 5.75 Å². The van der Waals surface area contributed by atoms with Gasteiger partial charge in [0.1, 0.15) is 5.75 Å². The first-order valence-electron chi connectivity index (χ1n) is 7.35. The predicted octanol–water partition coefficient (Wildman–Crippen LogP) is 5.75. The average molecular weight is 390 g/mol. The number of anilines is 1. The number of ether oxygens (including phenoxy) is 1. The molecule has 134 valence electrons. The average Bonchev–Trinajstić information content (AvgIpc) is 2.54. The Bertz CT molecular complexity index is 705. The third kappa shape index (κ3) is 6.51. The minimum absolute atomic E-state index is 0.230. The molecular weight excluding hydrogens is 375 g/mol. The van der Waals surface area contributed by atoms with E-state index in [4.69, 9.17) is 11.6 Å². The smallest absolute Gasteiger partial charge is 0.406 e. The second-order valence-electron chi connectivity index (χ2n) is 5.03. The van der Waals surface area contributed by atoms with Crippen LogP contribution in [-0.2, 0) is 4.79 Å². The van der Waals surface area contributed by atoms with Crippen LogP contribution in [0.3, 0.4) is 0 Å². The lowest BCUT2D eigenvalue weighted by molar-refractivity contribution is -0.274. The Hall–Kier alpha value is -1.86. The van der Waals surface area contributed by atoms with Gasteiger partial charge in [0.05, 0.1) is 5.25 Å². The summed E-state index contributed by atoms with van der Waals surface area (Å²) in [6, 6.07) is 12.2. The van der Waals surface area contributed by atoms with Gasteiger partial charge in [0.2, 0.25) is 5.91 Å². The summed E-state index contributed by atoms with van der Waals surface area (Å²) in [6.45, 7) is 1.88. The highest BCUT2D eigenvalue weighted by atomic mass is 35.5. The summed E-state index contributed by atoms with van der Waals surface area (Å²) in [6.07, 6.45) is -4.15. The predicted molar refractivity (Wildman–Crippen MR) is 93.1 cm³/mol. The van der Waals surface area contributed by atoms with Gasteiger partial charge in [0.25, 0.3) is 0 Å². The SMILES string of the molecule is CCC(Sc1ccc(Cl)cc1)C(=O)Nc1ccc(OC(F)(F)F)cc1. The first-order valence-corrected chi connectivity index (χ1v) is 8.61. The summed E-state index contributed by atoms with van der Waals surface area (Å²) >= 11 is 7.23. The lowest BCUT2D eigenvalue weighted by atomic mass is 10.2. The van der Waals surface area contributed by atoms with Gasteiger partial charge in [0, 0.05) is 15.6 Å². The summed E-state index contributed by atoms with van der Waals surface area (Å²) in [4.78, 5) is 13.3. The molecule has 0 aromatic heterocycles. The molecule has 1 unspecified atom stereocenters. The second kappa shape index (κ2) is 8.49. The van der Waals surface area contributed by atoms with Crippen molar-refractivity contribution in [1.82, 2.24) is 0 Å². The standard InChI is InChI=1S/C17H15ClF3NO2S/c1-2-15(25-14-9-3-11(18)4-10-14)16(23)22-12-5-7-13(8-6-12)24-17(19,20)21/h3-10,15H,2H2,1H3,(H,22,23). The molecule has 0 aliphatic rings. The maximum absolute atomic E-state index is 12.4. The van der Waals surface area contributed by atoms with Crippen molar-refractivity contribution in [1.29, 1.82) is 0 Å². The Labute approximate surface area is 152 Å². The number of nitrogens with one attached hydrogen (secondary N) is 1. The van der Waals surface area contributed by atoms with Crippen LogP contribution in [0.5, 0.6) is 5.75 Å². The fourth-order valence-electron chi connectivity index (χ4n) is 1.96. The highest BCUT2D eigenvalue weighted by molar-refractivity contribution is 8.00. The number of carbonyl (C=O) groups excluding carboxylic acids is 1. The van der Waals surface area contributed by atoms with Crippen LogP contribution in [0.2, 0.25) is 5.02 Å². The van der Waals surface area contributed by atoms with Gasteiger partial charge in [-0.25, -0.2) is 0 Å². The minimum atomic E-state index is -4.74. The zero-order valence-corrected chi connectivity index (χ0v) is 14.7. The Balaban J connectivity index is 1.97. The Morgan fingerprint density at radius 2 is 1.76 bits per heavy atom. The first kappa shape index (κ1) is 19.5. The maximum Gasteiger partial charge on any atom is 0.573 e. The van der Waals surface area contributed by atoms with E-state index in [-0.39, 0.29) is 16.9 Å². The van der Waals surface area contributed by atoms with E-state index in [0.29, 0.717) is 17.1 Å². The Morgan fingerprint density at radius 3 is 2.28 bits per heavy atom. The van der Waals surface area contributed by atoms with Crippen LogP contribution < -0.4 is 10.1 Å². The minimum Gasteiger partial charge on any atom is -0.406 e. The number of thioether (sulfide) groups is 1. The third-order valence-electron chi connectivity index (χ3n) is 3.11. The largest absolute Gasteiger partial charge is 0.573 e. The number of rotatable bonds is 6. The molecular formula is C17H15ClF3NO2S. The van der Waals surface area contributed by atoms with E-state index < -0.39 is 6.36 Å². The van der Waals surface area contributed by atoms with Crippen molar-refractivity contribution in [3.63, 3.8) is 0 Å². The zero-order chi connectivity index (χ0) is 18.4. The molecule has 0 bridgehead atoms. The van der Waals surface area contributed by atoms with Crippen molar-refractivity contribution >= 4 is 35.0 Å². The normalized spacial score (nSPS) is 12.5. The number of carbonyl (C=O) groups is 1. The van der Waals surface area contributed by atoms with Crippen LogP contribution in [0.15, 0.2) is 53.4 Å². The van der Waals surface area contributed by atoms with Crippen LogP contribution in [0.25, 0.3) is 0 Å². The maximum atomic E-state index is 12.4. The molecule has 8 heteroatoms. The van der Waals surface area contributed by atoms with E-state index in [0.717, 1.165) is 17.0 Å². The summed E-state index contributed by atoms with van der Waals surface area (Å²) in [5.74, 6) is -0.569. The molecule has 1 amide bonds. The number of benzene rings is 2. The van der Waals surface area contributed by atoms with Crippen molar-refractivity contribution in [2.45, 2.75) is 29.9 Å². The molecule has 0 saturated carbocycles. The number of amides is 1. The van der Waals surface area contributed by atoms with Crippen LogP contribution in [0, 0.1) is 0 Å². The van der Waals surface area contributed by atoms with Gasteiger partial charge in [-0.05, 0) is 55.0 Å². The molecule has 1 N–H and O–H groups in total. The lowest BCUT2D eigenvalue weighted by Gasteiger charge is -2.15. The highest BCUT2D eigenvalue weighted by Gasteiger charge is 2.31. The van der Waals surface area contributed by atoms with Crippen LogP contribution in [-0.4, -0.2) is 17.5 Å². The Kier molecular flexibility index (Phi) is 6.61. The third-order valence-corrected chi connectivity index (χ3v) is 4.74. The molecule has 1 atom stereocenters. The molecule has 0 saturated heterocycles. The quantitative estimate of drug-likeness (QED) is 0.639. The monoisotopic (exact) mass is 389 g/mol. The second-order valence-corrected chi connectivity index (χ2v) is 6.74. The topological polar surface area (TPSA) is 38.3 Å². The van der Waals surface area contributed by atoms with E-state index >= 15 is 0 Å². The number of halogens is 4. The fraction of sp³-hybridized carbons (Fsp3) is 0.235. The van der Waals surface area contributed by atoms with Crippen molar-refractivity contribution in [3.05, 3.63) is 53.6 Å². The van der Waals surface area contributed by atoms with Gasteiger partial charge in [-0.1, -0.05) is 18.5 Å². The molecule has 0 heterocycles. The molecule has 3 nitrogen and oxygen atoms in total. The van der Waals surface area contributed by atoms with Crippen molar-refractivity contribution in [2.75, 3.05) is 5.32 Å². The van der Waals surface area contributed by atoms with Gasteiger partial charge < -0.3 is 10.1 Å². The van der Waals surface area contributed by atoms with Crippen LogP contribution in [0.4, 0.5) is 18.9 Å². The zero-order valence-electron chi connectivity index (χ0n) is 13.1. The molecule has 0 fully saturated rings. The van der Waals surface area contributed by atoms with Gasteiger partial charge in [-0.3, -0.25) is 4.79 Å². The number of hydrogen-bond acceptors (Lipinski definition) is 3. The molecule has 0 spiro atoms. The lowest BCUT2D eigenvalue weighted by Crippen LogP contribution is -2.24. The molecule has 2 aromatic carbocycles. The van der Waals surface area contributed by atoms with E-state index in [2.05, 4.69) is 10.1 Å². The van der Waals surface area contributed by atoms with Gasteiger partial charge in [0.15, 0.2) is 0 Å². The summed E-state index contributed by atoms with van der Waals surface area (Å²) in [7, 11) is 0. The Morgan fingerprint density at radius 1 is 1.16 bits per heavy atom. The highest BCUT2D eigenvalue weighted by Crippen LogP contribution is 2.28. The van der Waals surface area contributed by atoms with Crippen molar-refractivity contribution in [2.24, 2.45) is 0 Å².